The van der Waals surface area contributed by atoms with Crippen molar-refractivity contribution < 1.29 is 32.7 Å². The van der Waals surface area contributed by atoms with Crippen LogP contribution in [0.5, 0.6) is 0 Å². The molecule has 4 aromatic rings. The first-order valence-electron chi connectivity index (χ1n) is 12.1. The second-order valence-corrected chi connectivity index (χ2v) is 9.26. The second-order valence-electron chi connectivity index (χ2n) is 9.26. The van der Waals surface area contributed by atoms with Gasteiger partial charge in [-0.3, -0.25) is 14.4 Å². The van der Waals surface area contributed by atoms with Crippen molar-refractivity contribution in [2.75, 3.05) is 7.05 Å². The molecule has 1 aliphatic carbocycles. The molecule has 0 atom stereocenters. The quantitative estimate of drug-likeness (QED) is 0.307. The number of nitrogens with one attached hydrogen (secondary N) is 2. The standard InChI is InChI=1S/C29H24F2N2O5/c1-32-29(37)26-22-14-20(16-7-10-23(31)21(11-16)28(36)33-19-3-2-4-19)17(13-25(34)35)12-24(22)38-27(26)15-5-8-18(30)9-6-15/h5-12,14,19H,2-4,13H2,1H3,(H,32,37)(H,33,36)(H,34,35). The van der Waals surface area contributed by atoms with E-state index < -0.39 is 29.4 Å². The number of furan rings is 1. The molecule has 1 aliphatic rings. The molecule has 9 heteroatoms. The number of aliphatic carboxylic acids is 1. The lowest BCUT2D eigenvalue weighted by molar-refractivity contribution is -0.136. The van der Waals surface area contributed by atoms with Gasteiger partial charge in [-0.2, -0.15) is 0 Å². The maximum Gasteiger partial charge on any atom is 0.307 e. The Kier molecular flexibility index (Phi) is 6.67. The first-order valence-corrected chi connectivity index (χ1v) is 12.1. The minimum Gasteiger partial charge on any atom is -0.481 e. The molecule has 0 spiro atoms. The van der Waals surface area contributed by atoms with Crippen LogP contribution in [0.2, 0.25) is 0 Å². The minimum atomic E-state index is -1.10. The number of fused-ring (bicyclic) bond motifs is 1. The van der Waals surface area contributed by atoms with Gasteiger partial charge in [0, 0.05) is 24.0 Å². The third-order valence-electron chi connectivity index (χ3n) is 6.78. The van der Waals surface area contributed by atoms with E-state index in [0.29, 0.717) is 27.6 Å². The van der Waals surface area contributed by atoms with Gasteiger partial charge in [0.15, 0.2) is 0 Å². The van der Waals surface area contributed by atoms with Gasteiger partial charge in [-0.25, -0.2) is 8.78 Å². The van der Waals surface area contributed by atoms with E-state index in [1.807, 2.05) is 0 Å². The van der Waals surface area contributed by atoms with E-state index in [2.05, 4.69) is 10.6 Å². The van der Waals surface area contributed by atoms with Gasteiger partial charge in [0.2, 0.25) is 0 Å². The van der Waals surface area contributed by atoms with E-state index in [-0.39, 0.29) is 34.9 Å². The van der Waals surface area contributed by atoms with E-state index in [9.17, 15) is 28.3 Å². The van der Waals surface area contributed by atoms with Gasteiger partial charge in [-0.1, -0.05) is 6.07 Å². The fraction of sp³-hybridized carbons (Fsp3) is 0.207. The minimum absolute atomic E-state index is 0.00963. The summed E-state index contributed by atoms with van der Waals surface area (Å²) in [6.45, 7) is 0. The summed E-state index contributed by atoms with van der Waals surface area (Å²) in [7, 11) is 1.46. The predicted molar refractivity (Wildman–Crippen MR) is 137 cm³/mol. The summed E-state index contributed by atoms with van der Waals surface area (Å²) in [6, 6.07) is 12.6. The zero-order valence-electron chi connectivity index (χ0n) is 20.4. The van der Waals surface area contributed by atoms with Gasteiger partial charge in [-0.15, -0.1) is 0 Å². The first kappa shape index (κ1) is 25.1. The summed E-state index contributed by atoms with van der Waals surface area (Å²) in [6.07, 6.45) is 2.30. The summed E-state index contributed by atoms with van der Waals surface area (Å²) in [5.41, 5.74) is 1.92. The lowest BCUT2D eigenvalue weighted by Gasteiger charge is -2.26. The van der Waals surface area contributed by atoms with Crippen LogP contribution in [0.25, 0.3) is 33.4 Å². The van der Waals surface area contributed by atoms with Crippen molar-refractivity contribution in [1.82, 2.24) is 10.6 Å². The Morgan fingerprint density at radius 2 is 1.68 bits per heavy atom. The lowest BCUT2D eigenvalue weighted by Crippen LogP contribution is -2.39. The monoisotopic (exact) mass is 518 g/mol. The Morgan fingerprint density at radius 1 is 0.974 bits per heavy atom. The molecular weight excluding hydrogens is 494 g/mol. The molecule has 5 rings (SSSR count). The SMILES string of the molecule is CNC(=O)c1c(-c2ccc(F)cc2)oc2cc(CC(=O)O)c(-c3ccc(F)c(C(=O)NC4CCC4)c3)cc12. The van der Waals surface area contributed by atoms with Crippen LogP contribution in [0.1, 0.15) is 45.5 Å². The molecule has 1 aromatic heterocycles. The van der Waals surface area contributed by atoms with Crippen molar-refractivity contribution in [2.24, 2.45) is 0 Å². The predicted octanol–water partition coefficient (Wildman–Crippen LogP) is 5.31. The second kappa shape index (κ2) is 10.1. The average molecular weight is 519 g/mol. The highest BCUT2D eigenvalue weighted by Gasteiger charge is 2.25. The van der Waals surface area contributed by atoms with Crippen molar-refractivity contribution in [3.05, 3.63) is 82.9 Å². The molecule has 0 bridgehead atoms. The zero-order valence-corrected chi connectivity index (χ0v) is 20.4. The highest BCUT2D eigenvalue weighted by atomic mass is 19.1. The number of carbonyl (C=O) groups excluding carboxylic acids is 2. The molecule has 38 heavy (non-hydrogen) atoms. The van der Waals surface area contributed by atoms with Crippen LogP contribution < -0.4 is 10.6 Å². The number of rotatable bonds is 7. The third kappa shape index (κ3) is 4.74. The number of hydrogen-bond donors (Lipinski definition) is 3. The Labute approximate surface area is 216 Å². The number of carboxylic acids is 1. The summed E-state index contributed by atoms with van der Waals surface area (Å²) >= 11 is 0. The molecule has 1 saturated carbocycles. The van der Waals surface area contributed by atoms with Crippen LogP contribution in [0.4, 0.5) is 8.78 Å². The van der Waals surface area contributed by atoms with E-state index in [1.54, 1.807) is 6.07 Å². The molecule has 0 saturated heterocycles. The maximum atomic E-state index is 14.7. The summed E-state index contributed by atoms with van der Waals surface area (Å²) in [4.78, 5) is 37.4. The number of benzene rings is 3. The van der Waals surface area contributed by atoms with Crippen molar-refractivity contribution in [3.8, 4) is 22.5 Å². The number of carbonyl (C=O) groups is 3. The number of amides is 2. The molecule has 0 unspecified atom stereocenters. The maximum absolute atomic E-state index is 14.7. The van der Waals surface area contributed by atoms with Crippen molar-refractivity contribution in [2.45, 2.75) is 31.7 Å². The fourth-order valence-corrected chi connectivity index (χ4v) is 4.60. The van der Waals surface area contributed by atoms with E-state index in [1.165, 1.54) is 55.6 Å². The van der Waals surface area contributed by atoms with Gasteiger partial charge in [0.05, 0.1) is 17.5 Å². The van der Waals surface area contributed by atoms with Crippen LogP contribution in [-0.2, 0) is 11.2 Å². The Balaban J connectivity index is 1.69. The molecule has 3 N–H and O–H groups in total. The third-order valence-corrected chi connectivity index (χ3v) is 6.78. The van der Waals surface area contributed by atoms with Gasteiger partial charge >= 0.3 is 5.97 Å². The normalized spacial score (nSPS) is 13.2. The van der Waals surface area contributed by atoms with Crippen LogP contribution in [0.3, 0.4) is 0 Å². The van der Waals surface area contributed by atoms with Crippen LogP contribution >= 0.6 is 0 Å². The number of hydrogen-bond acceptors (Lipinski definition) is 4. The first-order chi connectivity index (χ1) is 18.2. The Morgan fingerprint density at radius 3 is 2.32 bits per heavy atom. The van der Waals surface area contributed by atoms with Gasteiger partial charge in [-0.05, 0) is 84.5 Å². The van der Waals surface area contributed by atoms with Gasteiger partial charge < -0.3 is 20.2 Å². The Hall–Kier alpha value is -4.53. The molecular formula is C29H24F2N2O5. The summed E-state index contributed by atoms with van der Waals surface area (Å²) in [5, 5.41) is 15.3. The van der Waals surface area contributed by atoms with E-state index in [4.69, 9.17) is 4.42 Å². The molecule has 0 radical (unpaired) electrons. The molecule has 3 aromatic carbocycles. The van der Waals surface area contributed by atoms with Crippen LogP contribution in [-0.4, -0.2) is 36.0 Å². The fourth-order valence-electron chi connectivity index (χ4n) is 4.60. The average Bonchev–Trinajstić information content (AvgIpc) is 3.24. The molecule has 0 aliphatic heterocycles. The van der Waals surface area contributed by atoms with Crippen molar-refractivity contribution in [1.29, 1.82) is 0 Å². The summed E-state index contributed by atoms with van der Waals surface area (Å²) < 4.78 is 34.2. The Bertz CT molecular complexity index is 1570. The molecule has 7 nitrogen and oxygen atoms in total. The summed E-state index contributed by atoms with van der Waals surface area (Å²) in [5.74, 6) is -3.06. The van der Waals surface area contributed by atoms with Crippen molar-refractivity contribution in [3.63, 3.8) is 0 Å². The zero-order chi connectivity index (χ0) is 27.0. The van der Waals surface area contributed by atoms with Crippen LogP contribution in [0.15, 0.2) is 59.0 Å². The smallest absolute Gasteiger partial charge is 0.307 e. The van der Waals surface area contributed by atoms with Crippen molar-refractivity contribution >= 4 is 28.8 Å². The topological polar surface area (TPSA) is 109 Å². The van der Waals surface area contributed by atoms with E-state index >= 15 is 0 Å². The molecule has 2 amide bonds. The lowest BCUT2D eigenvalue weighted by atomic mass is 9.92. The molecule has 194 valence electrons. The van der Waals surface area contributed by atoms with Gasteiger partial charge in [0.1, 0.15) is 23.0 Å². The largest absolute Gasteiger partial charge is 0.481 e. The molecule has 1 heterocycles. The number of halogens is 2. The van der Waals surface area contributed by atoms with E-state index in [0.717, 1.165) is 19.3 Å². The molecule has 1 fully saturated rings. The number of carboxylic acid groups (broad SMARTS) is 1. The highest BCUT2D eigenvalue weighted by Crippen LogP contribution is 2.38. The van der Waals surface area contributed by atoms with Crippen LogP contribution in [0, 0.1) is 11.6 Å². The highest BCUT2D eigenvalue weighted by molar-refractivity contribution is 6.12. The van der Waals surface area contributed by atoms with Gasteiger partial charge in [0.25, 0.3) is 11.8 Å².